The number of nitrogens with zero attached hydrogens (tertiary/aromatic N) is 3. The van der Waals surface area contributed by atoms with Crippen LogP contribution in [0.15, 0.2) is 36.4 Å². The van der Waals surface area contributed by atoms with Crippen molar-refractivity contribution in [1.29, 1.82) is 0 Å². The first-order chi connectivity index (χ1) is 16.4. The van der Waals surface area contributed by atoms with Crippen LogP contribution in [0.3, 0.4) is 0 Å². The summed E-state index contributed by atoms with van der Waals surface area (Å²) in [5.74, 6) is 0.979. The number of aromatic nitrogens is 1. The zero-order valence-electron chi connectivity index (χ0n) is 19.9. The lowest BCUT2D eigenvalue weighted by Crippen LogP contribution is -2.51. The largest absolute Gasteiger partial charge is 0.379 e. The number of carbonyl (C=O) groups excluding carboxylic acids is 2. The number of rotatable bonds is 6. The summed E-state index contributed by atoms with van der Waals surface area (Å²) in [6, 6.07) is 11.5. The number of hydrogen-bond donors (Lipinski definition) is 2. The van der Waals surface area contributed by atoms with Gasteiger partial charge in [-0.1, -0.05) is 13.0 Å². The number of carbonyl (C=O) groups is 2. The number of ether oxygens (including phenoxy) is 1. The highest BCUT2D eigenvalue weighted by atomic mass is 16.5. The minimum Gasteiger partial charge on any atom is -0.379 e. The maximum absolute atomic E-state index is 12.8. The van der Waals surface area contributed by atoms with Gasteiger partial charge < -0.3 is 20.7 Å². The molecule has 2 aliphatic heterocycles. The Balaban J connectivity index is 1.48. The summed E-state index contributed by atoms with van der Waals surface area (Å²) in [5.41, 5.74) is 8.82. The fourth-order valence-corrected chi connectivity index (χ4v) is 5.51. The lowest BCUT2D eigenvalue weighted by atomic mass is 9.79. The predicted molar refractivity (Wildman–Crippen MR) is 130 cm³/mol. The molecule has 3 aliphatic rings. The fraction of sp³-hybridized carbons (Fsp3) is 0.500. The van der Waals surface area contributed by atoms with E-state index in [1.165, 1.54) is 0 Å². The van der Waals surface area contributed by atoms with Crippen LogP contribution in [0.2, 0.25) is 0 Å². The van der Waals surface area contributed by atoms with Crippen LogP contribution < -0.4 is 16.0 Å². The third kappa shape index (κ3) is 4.52. The van der Waals surface area contributed by atoms with E-state index >= 15 is 0 Å². The van der Waals surface area contributed by atoms with E-state index in [0.717, 1.165) is 68.5 Å². The van der Waals surface area contributed by atoms with Crippen molar-refractivity contribution in [2.45, 2.75) is 45.3 Å². The summed E-state index contributed by atoms with van der Waals surface area (Å²) >= 11 is 0. The molecule has 2 fully saturated rings. The summed E-state index contributed by atoms with van der Waals surface area (Å²) in [6.07, 6.45) is 2.26. The van der Waals surface area contributed by atoms with E-state index in [1.54, 1.807) is 13.0 Å². The average molecular weight is 464 g/mol. The molecular formula is C26H33N5O3. The highest BCUT2D eigenvalue weighted by Crippen LogP contribution is 2.50. The van der Waals surface area contributed by atoms with Gasteiger partial charge in [0.2, 0.25) is 11.8 Å². The second-order valence-corrected chi connectivity index (χ2v) is 9.74. The van der Waals surface area contributed by atoms with Crippen LogP contribution in [0.1, 0.15) is 54.3 Å². The molecule has 3 N–H and O–H groups in total. The van der Waals surface area contributed by atoms with Crippen LogP contribution in [0.25, 0.3) is 0 Å². The van der Waals surface area contributed by atoms with E-state index in [2.05, 4.69) is 23.2 Å². The van der Waals surface area contributed by atoms with Gasteiger partial charge in [-0.25, -0.2) is 4.98 Å². The minimum absolute atomic E-state index is 0.0286. The molecule has 0 spiro atoms. The van der Waals surface area contributed by atoms with E-state index in [1.807, 2.05) is 29.2 Å². The molecule has 2 amide bonds. The molecule has 34 heavy (non-hydrogen) atoms. The SMILES string of the molecule is CC(=O)N1c2ccc(C(N)=O)cc2[C@H](Nc2cccc(CN3CCOCC3)n2)[C@@H](C)C1C1CC1. The van der Waals surface area contributed by atoms with Crippen LogP contribution in [-0.2, 0) is 16.1 Å². The summed E-state index contributed by atoms with van der Waals surface area (Å²) in [4.78, 5) is 33.9. The number of nitrogens with one attached hydrogen (secondary N) is 1. The molecule has 0 radical (unpaired) electrons. The van der Waals surface area contributed by atoms with E-state index in [4.69, 9.17) is 15.5 Å². The van der Waals surface area contributed by atoms with Crippen LogP contribution >= 0.6 is 0 Å². The second-order valence-electron chi connectivity index (χ2n) is 9.74. The number of pyridine rings is 1. The number of hydrogen-bond acceptors (Lipinski definition) is 6. The third-order valence-corrected chi connectivity index (χ3v) is 7.31. The predicted octanol–water partition coefficient (Wildman–Crippen LogP) is 2.95. The highest BCUT2D eigenvalue weighted by molar-refractivity contribution is 5.97. The smallest absolute Gasteiger partial charge is 0.248 e. The van der Waals surface area contributed by atoms with Gasteiger partial charge in [0.15, 0.2) is 0 Å². The highest BCUT2D eigenvalue weighted by Gasteiger charge is 2.47. The Morgan fingerprint density at radius 2 is 1.94 bits per heavy atom. The molecule has 5 rings (SSSR count). The molecule has 1 aliphatic carbocycles. The number of anilines is 2. The number of fused-ring (bicyclic) bond motifs is 1. The number of primary amides is 1. The van der Waals surface area contributed by atoms with Gasteiger partial charge in [-0.15, -0.1) is 0 Å². The van der Waals surface area contributed by atoms with Crippen LogP contribution in [0.4, 0.5) is 11.5 Å². The number of benzene rings is 1. The third-order valence-electron chi connectivity index (χ3n) is 7.31. The first-order valence-electron chi connectivity index (χ1n) is 12.2. The maximum atomic E-state index is 12.8. The van der Waals surface area contributed by atoms with Crippen molar-refractivity contribution < 1.29 is 14.3 Å². The molecule has 0 bridgehead atoms. The van der Waals surface area contributed by atoms with Crippen molar-refractivity contribution in [2.24, 2.45) is 17.6 Å². The van der Waals surface area contributed by atoms with Crippen LogP contribution in [0, 0.1) is 11.8 Å². The van der Waals surface area contributed by atoms with Crippen molar-refractivity contribution in [3.05, 3.63) is 53.2 Å². The summed E-state index contributed by atoms with van der Waals surface area (Å²) < 4.78 is 5.46. The zero-order chi connectivity index (χ0) is 23.8. The molecule has 180 valence electrons. The minimum atomic E-state index is -0.474. The van der Waals surface area contributed by atoms with Crippen molar-refractivity contribution >= 4 is 23.3 Å². The van der Waals surface area contributed by atoms with Gasteiger partial charge in [-0.3, -0.25) is 14.5 Å². The van der Waals surface area contributed by atoms with Crippen molar-refractivity contribution in [3.63, 3.8) is 0 Å². The quantitative estimate of drug-likeness (QED) is 0.683. The molecule has 2 aromatic rings. The molecule has 1 aromatic heterocycles. The Morgan fingerprint density at radius 3 is 2.62 bits per heavy atom. The monoisotopic (exact) mass is 463 g/mol. The van der Waals surface area contributed by atoms with Gasteiger partial charge in [0.25, 0.3) is 0 Å². The Morgan fingerprint density at radius 1 is 1.18 bits per heavy atom. The summed E-state index contributed by atoms with van der Waals surface area (Å²) in [5, 5.41) is 3.66. The first kappa shape index (κ1) is 22.8. The maximum Gasteiger partial charge on any atom is 0.248 e. The van der Waals surface area contributed by atoms with Gasteiger partial charge in [0, 0.05) is 49.8 Å². The Kier molecular flexibility index (Phi) is 6.27. The standard InChI is InChI=1S/C26H33N5O3/c1-16-24(29-23-5-3-4-20(28-23)15-30-10-12-34-13-11-30)21-14-19(26(27)33)8-9-22(21)31(17(2)32)25(16)18-6-7-18/h3-5,8-9,14,16,18,24-25H,6-7,10-13,15H2,1-2H3,(H2,27,33)(H,28,29)/t16-,24-,25?/m1/s1. The molecule has 1 aromatic carbocycles. The van der Waals surface area contributed by atoms with Gasteiger partial charge in [0.1, 0.15) is 5.82 Å². The molecule has 3 heterocycles. The topological polar surface area (TPSA) is 101 Å². The van der Waals surface area contributed by atoms with Crippen molar-refractivity contribution in [3.8, 4) is 0 Å². The second kappa shape index (κ2) is 9.35. The fourth-order valence-electron chi connectivity index (χ4n) is 5.51. The number of morpholine rings is 1. The Bertz CT molecular complexity index is 1080. The number of nitrogens with two attached hydrogens (primary N) is 1. The van der Waals surface area contributed by atoms with Gasteiger partial charge in [0.05, 0.1) is 24.9 Å². The number of amides is 2. The molecule has 8 nitrogen and oxygen atoms in total. The van der Waals surface area contributed by atoms with Gasteiger partial charge in [-0.05, 0) is 54.7 Å². The van der Waals surface area contributed by atoms with E-state index < -0.39 is 5.91 Å². The molecule has 1 saturated heterocycles. The molecule has 1 unspecified atom stereocenters. The Labute approximate surface area is 200 Å². The first-order valence-corrected chi connectivity index (χ1v) is 12.2. The van der Waals surface area contributed by atoms with Crippen LogP contribution in [-0.4, -0.2) is 54.0 Å². The average Bonchev–Trinajstić information content (AvgIpc) is 3.66. The lowest BCUT2D eigenvalue weighted by Gasteiger charge is -2.46. The van der Waals surface area contributed by atoms with E-state index in [0.29, 0.717) is 11.5 Å². The molecule has 3 atom stereocenters. The molecule has 1 saturated carbocycles. The van der Waals surface area contributed by atoms with Gasteiger partial charge >= 0.3 is 0 Å². The normalized spacial score (nSPS) is 25.0. The summed E-state index contributed by atoms with van der Waals surface area (Å²) in [7, 11) is 0. The van der Waals surface area contributed by atoms with E-state index in [9.17, 15) is 9.59 Å². The molecular weight excluding hydrogens is 430 g/mol. The van der Waals surface area contributed by atoms with Crippen molar-refractivity contribution in [2.75, 3.05) is 36.5 Å². The lowest BCUT2D eigenvalue weighted by molar-refractivity contribution is -0.117. The molecule has 8 heteroatoms. The zero-order valence-corrected chi connectivity index (χ0v) is 19.9. The van der Waals surface area contributed by atoms with E-state index in [-0.39, 0.29) is 23.9 Å². The summed E-state index contributed by atoms with van der Waals surface area (Å²) in [6.45, 7) is 7.92. The van der Waals surface area contributed by atoms with Crippen LogP contribution in [0.5, 0.6) is 0 Å². The Hall–Kier alpha value is -2.97. The van der Waals surface area contributed by atoms with Crippen molar-refractivity contribution in [1.82, 2.24) is 9.88 Å². The van der Waals surface area contributed by atoms with Gasteiger partial charge in [-0.2, -0.15) is 0 Å².